The SMILES string of the molecule is Cc1cc([C@@H]2C=CNC(c3cc(Cl)cc4c(C5C=CNC=N5)c(C)sc34)=N2)c(C)s1. The van der Waals surface area contributed by atoms with Gasteiger partial charge in [-0.1, -0.05) is 11.6 Å². The fourth-order valence-electron chi connectivity index (χ4n) is 4.08. The Kier molecular flexibility index (Phi) is 5.01. The molecule has 0 saturated heterocycles. The Morgan fingerprint density at radius 2 is 1.80 bits per heavy atom. The van der Waals surface area contributed by atoms with E-state index in [9.17, 15) is 0 Å². The van der Waals surface area contributed by atoms with E-state index in [1.54, 1.807) is 17.7 Å². The first kappa shape index (κ1) is 19.5. The summed E-state index contributed by atoms with van der Waals surface area (Å²) in [7, 11) is 0. The van der Waals surface area contributed by atoms with Crippen LogP contribution in [-0.2, 0) is 0 Å². The molecule has 0 fully saturated rings. The number of aliphatic imine (C=N–C) groups is 2. The number of aryl methyl sites for hydroxylation is 3. The third-order valence-electron chi connectivity index (χ3n) is 5.38. The molecule has 152 valence electrons. The second-order valence-electron chi connectivity index (χ2n) is 7.45. The van der Waals surface area contributed by atoms with Gasteiger partial charge in [0.2, 0.25) is 0 Å². The molecule has 1 unspecified atom stereocenters. The summed E-state index contributed by atoms with van der Waals surface area (Å²) in [5, 5.41) is 8.22. The Bertz CT molecular complexity index is 1250. The summed E-state index contributed by atoms with van der Waals surface area (Å²) in [6, 6.07) is 6.31. The first-order chi connectivity index (χ1) is 14.5. The number of hydrogen-bond donors (Lipinski definition) is 2. The quantitative estimate of drug-likeness (QED) is 0.487. The van der Waals surface area contributed by atoms with E-state index in [4.69, 9.17) is 16.6 Å². The van der Waals surface area contributed by atoms with Gasteiger partial charge < -0.3 is 10.6 Å². The van der Waals surface area contributed by atoms with Gasteiger partial charge in [-0.25, -0.2) is 0 Å². The Hall–Kier alpha value is -2.41. The van der Waals surface area contributed by atoms with Crippen LogP contribution in [0.2, 0.25) is 5.02 Å². The molecule has 2 aliphatic heterocycles. The number of nitrogens with one attached hydrogen (secondary N) is 2. The standard InChI is InChI=1S/C23H21ClN4S2/c1-12-8-16(13(2)29-12)19-5-7-26-23(28-19)18-10-15(24)9-17-21(14(3)30-22(17)18)20-4-6-25-11-27-20/h4-11,19-20H,1-3H3,(H,25,27)(H,26,28)/t19-,20?/m0/s1. The van der Waals surface area contributed by atoms with Crippen molar-refractivity contribution in [2.24, 2.45) is 9.98 Å². The molecule has 0 spiro atoms. The molecule has 0 amide bonds. The molecule has 4 heterocycles. The topological polar surface area (TPSA) is 48.8 Å². The van der Waals surface area contributed by atoms with E-state index in [0.29, 0.717) is 5.02 Å². The van der Waals surface area contributed by atoms with Gasteiger partial charge in [0.05, 0.1) is 18.4 Å². The van der Waals surface area contributed by atoms with Crippen LogP contribution in [0.5, 0.6) is 0 Å². The fourth-order valence-corrected chi connectivity index (χ4v) is 6.46. The van der Waals surface area contributed by atoms with Crippen molar-refractivity contribution in [3.63, 3.8) is 0 Å². The maximum Gasteiger partial charge on any atom is 0.134 e. The molecule has 5 rings (SSSR count). The minimum absolute atomic E-state index is 0.00311. The molecule has 0 radical (unpaired) electrons. The Labute approximate surface area is 188 Å². The zero-order valence-corrected chi connectivity index (χ0v) is 19.3. The number of fused-ring (bicyclic) bond motifs is 1. The lowest BCUT2D eigenvalue weighted by Gasteiger charge is -2.18. The minimum Gasteiger partial charge on any atom is -0.353 e. The van der Waals surface area contributed by atoms with E-state index >= 15 is 0 Å². The van der Waals surface area contributed by atoms with Crippen molar-refractivity contribution in [1.29, 1.82) is 0 Å². The zero-order valence-electron chi connectivity index (χ0n) is 16.9. The molecule has 2 N–H and O–H groups in total. The summed E-state index contributed by atoms with van der Waals surface area (Å²) in [4.78, 5) is 13.5. The maximum atomic E-state index is 6.58. The summed E-state index contributed by atoms with van der Waals surface area (Å²) in [5.41, 5.74) is 3.52. The second-order valence-corrected chi connectivity index (χ2v) is 10.6. The van der Waals surface area contributed by atoms with Gasteiger partial charge >= 0.3 is 0 Å². The van der Waals surface area contributed by atoms with Crippen LogP contribution in [-0.4, -0.2) is 12.2 Å². The summed E-state index contributed by atoms with van der Waals surface area (Å²) in [5.74, 6) is 0.857. The Balaban J connectivity index is 1.64. The number of benzene rings is 1. The van der Waals surface area contributed by atoms with Gasteiger partial charge in [-0.05, 0) is 56.7 Å². The lowest BCUT2D eigenvalue weighted by molar-refractivity contribution is 0.870. The van der Waals surface area contributed by atoms with Gasteiger partial charge in [-0.15, -0.1) is 22.7 Å². The summed E-state index contributed by atoms with van der Waals surface area (Å²) in [6.45, 7) is 6.46. The van der Waals surface area contributed by atoms with Crippen molar-refractivity contribution >= 4 is 56.5 Å². The van der Waals surface area contributed by atoms with Crippen LogP contribution in [0.25, 0.3) is 10.1 Å². The average Bonchev–Trinajstić information content (AvgIpc) is 3.25. The molecule has 2 aliphatic rings. The Morgan fingerprint density at radius 1 is 0.967 bits per heavy atom. The molecule has 2 aromatic heterocycles. The molecule has 3 aromatic rings. The number of halogens is 1. The number of nitrogens with zero attached hydrogens (tertiary/aromatic N) is 2. The summed E-state index contributed by atoms with van der Waals surface area (Å²) in [6.07, 6.45) is 9.85. The summed E-state index contributed by atoms with van der Waals surface area (Å²) < 4.78 is 1.19. The highest BCUT2D eigenvalue weighted by Crippen LogP contribution is 2.41. The van der Waals surface area contributed by atoms with Gasteiger partial charge in [0, 0.05) is 53.3 Å². The molecule has 0 aliphatic carbocycles. The van der Waals surface area contributed by atoms with Gasteiger partial charge in [-0.2, -0.15) is 0 Å². The number of thiophene rings is 2. The smallest absolute Gasteiger partial charge is 0.134 e. The van der Waals surface area contributed by atoms with E-state index in [-0.39, 0.29) is 12.1 Å². The Morgan fingerprint density at radius 3 is 2.53 bits per heavy atom. The largest absolute Gasteiger partial charge is 0.353 e. The lowest BCUT2D eigenvalue weighted by atomic mass is 10.0. The highest BCUT2D eigenvalue weighted by Gasteiger charge is 2.23. The van der Waals surface area contributed by atoms with Gasteiger partial charge in [-0.3, -0.25) is 9.98 Å². The third kappa shape index (κ3) is 3.39. The molecule has 0 saturated carbocycles. The van der Waals surface area contributed by atoms with Crippen molar-refractivity contribution in [2.75, 3.05) is 0 Å². The van der Waals surface area contributed by atoms with Crippen molar-refractivity contribution in [3.8, 4) is 0 Å². The highest BCUT2D eigenvalue weighted by atomic mass is 35.5. The van der Waals surface area contributed by atoms with Crippen molar-refractivity contribution in [1.82, 2.24) is 10.6 Å². The summed E-state index contributed by atoms with van der Waals surface area (Å²) >= 11 is 10.2. The number of rotatable bonds is 3. The van der Waals surface area contributed by atoms with Crippen molar-refractivity contribution < 1.29 is 0 Å². The third-order valence-corrected chi connectivity index (χ3v) is 7.75. The van der Waals surface area contributed by atoms with Crippen molar-refractivity contribution in [2.45, 2.75) is 32.9 Å². The first-order valence-electron chi connectivity index (χ1n) is 9.76. The van der Waals surface area contributed by atoms with Gasteiger partial charge in [0.15, 0.2) is 0 Å². The first-order valence-corrected chi connectivity index (χ1v) is 11.8. The molecule has 4 nitrogen and oxygen atoms in total. The molecule has 1 aromatic carbocycles. The van der Waals surface area contributed by atoms with Crippen molar-refractivity contribution in [3.05, 3.63) is 79.1 Å². The normalized spacial score (nSPS) is 20.3. The predicted molar refractivity (Wildman–Crippen MR) is 130 cm³/mol. The van der Waals surface area contributed by atoms with E-state index in [0.717, 1.165) is 16.8 Å². The predicted octanol–water partition coefficient (Wildman–Crippen LogP) is 6.33. The zero-order chi connectivity index (χ0) is 20.8. The van der Waals surface area contributed by atoms with Crippen LogP contribution in [0.3, 0.4) is 0 Å². The molecular weight excluding hydrogens is 432 g/mol. The van der Waals surface area contributed by atoms with E-state index in [2.05, 4.69) is 54.6 Å². The second kappa shape index (κ2) is 7.69. The van der Waals surface area contributed by atoms with E-state index in [1.807, 2.05) is 35.9 Å². The molecule has 7 heteroatoms. The van der Waals surface area contributed by atoms with E-state index in [1.165, 1.54) is 30.5 Å². The minimum atomic E-state index is -0.00311. The van der Waals surface area contributed by atoms with Crippen LogP contribution < -0.4 is 10.6 Å². The average molecular weight is 453 g/mol. The molecule has 0 bridgehead atoms. The van der Waals surface area contributed by atoms with Crippen LogP contribution in [0.15, 0.2) is 52.7 Å². The highest BCUT2D eigenvalue weighted by molar-refractivity contribution is 7.19. The lowest BCUT2D eigenvalue weighted by Crippen LogP contribution is -2.23. The maximum absolute atomic E-state index is 6.58. The van der Waals surface area contributed by atoms with Gasteiger partial charge in [0.25, 0.3) is 0 Å². The molecule has 2 atom stereocenters. The fraction of sp³-hybridized carbons (Fsp3) is 0.217. The van der Waals surface area contributed by atoms with Gasteiger partial charge in [0.1, 0.15) is 5.84 Å². The monoisotopic (exact) mass is 452 g/mol. The molecular formula is C23H21ClN4S2. The van der Waals surface area contributed by atoms with Crippen LogP contribution >= 0.6 is 34.3 Å². The van der Waals surface area contributed by atoms with E-state index < -0.39 is 0 Å². The van der Waals surface area contributed by atoms with Crippen LogP contribution in [0.4, 0.5) is 0 Å². The van der Waals surface area contributed by atoms with Crippen LogP contribution in [0.1, 0.15) is 43.4 Å². The molecule has 30 heavy (non-hydrogen) atoms. The van der Waals surface area contributed by atoms with Crippen LogP contribution in [0, 0.1) is 20.8 Å². The number of hydrogen-bond acceptors (Lipinski definition) is 6. The number of amidine groups is 1.